The van der Waals surface area contributed by atoms with E-state index in [0.717, 1.165) is 5.92 Å². The second kappa shape index (κ2) is 4.09. The second-order valence-electron chi connectivity index (χ2n) is 4.30. The van der Waals surface area contributed by atoms with Crippen LogP contribution in [0.5, 0.6) is 0 Å². The summed E-state index contributed by atoms with van der Waals surface area (Å²) in [6, 6.07) is 5.25. The predicted octanol–water partition coefficient (Wildman–Crippen LogP) is 2.53. The van der Waals surface area contributed by atoms with Gasteiger partial charge in [-0.05, 0) is 50.3 Å². The van der Waals surface area contributed by atoms with Crippen molar-refractivity contribution >= 4 is 0 Å². The van der Waals surface area contributed by atoms with Crippen molar-refractivity contribution in [2.75, 3.05) is 0 Å². The third kappa shape index (κ3) is 2.32. The summed E-state index contributed by atoms with van der Waals surface area (Å²) in [6.07, 6.45) is 6.51. The molecule has 0 bridgehead atoms. The molecule has 0 unspecified atom stereocenters. The van der Waals surface area contributed by atoms with E-state index in [4.69, 9.17) is 0 Å². The first-order chi connectivity index (χ1) is 6.77. The molecule has 0 aromatic carbocycles. The third-order valence-corrected chi connectivity index (χ3v) is 3.05. The van der Waals surface area contributed by atoms with Crippen LogP contribution in [0.2, 0.25) is 0 Å². The first-order valence-electron chi connectivity index (χ1n) is 5.43. The average molecular weight is 190 g/mol. The van der Waals surface area contributed by atoms with E-state index in [1.165, 1.54) is 18.4 Å². The molecule has 1 aromatic heterocycles. The van der Waals surface area contributed by atoms with Crippen LogP contribution in [-0.2, 0) is 0 Å². The fourth-order valence-electron chi connectivity index (χ4n) is 1.87. The second-order valence-corrected chi connectivity index (χ2v) is 4.30. The molecule has 0 amide bonds. The summed E-state index contributed by atoms with van der Waals surface area (Å²) in [5, 5.41) is 3.63. The van der Waals surface area contributed by atoms with Crippen molar-refractivity contribution < 1.29 is 0 Å². The molecule has 1 saturated carbocycles. The van der Waals surface area contributed by atoms with Crippen LogP contribution < -0.4 is 5.32 Å². The first kappa shape index (κ1) is 9.66. The highest BCUT2D eigenvalue weighted by atomic mass is 15.0. The lowest BCUT2D eigenvalue weighted by atomic mass is 10.1. The minimum atomic E-state index is 0.439. The van der Waals surface area contributed by atoms with Crippen LogP contribution in [0.15, 0.2) is 24.5 Å². The zero-order chi connectivity index (χ0) is 9.97. The molecule has 1 fully saturated rings. The molecule has 2 heteroatoms. The highest BCUT2D eigenvalue weighted by Gasteiger charge is 2.28. The van der Waals surface area contributed by atoms with Crippen LogP contribution in [0.3, 0.4) is 0 Å². The number of nitrogens with zero attached hydrogens (tertiary/aromatic N) is 1. The van der Waals surface area contributed by atoms with Gasteiger partial charge in [-0.15, -0.1) is 0 Å². The molecule has 76 valence electrons. The Labute approximate surface area is 85.7 Å². The molecule has 0 spiro atoms. The molecule has 1 aromatic rings. The first-order valence-corrected chi connectivity index (χ1v) is 5.43. The van der Waals surface area contributed by atoms with Gasteiger partial charge in [0.2, 0.25) is 0 Å². The maximum absolute atomic E-state index is 4.03. The van der Waals surface area contributed by atoms with Crippen LogP contribution in [0.4, 0.5) is 0 Å². The minimum absolute atomic E-state index is 0.439. The van der Waals surface area contributed by atoms with E-state index in [-0.39, 0.29) is 0 Å². The number of pyridine rings is 1. The van der Waals surface area contributed by atoms with E-state index in [0.29, 0.717) is 12.1 Å². The smallest absolute Gasteiger partial charge is 0.0295 e. The molecule has 2 rings (SSSR count). The summed E-state index contributed by atoms with van der Waals surface area (Å²) in [4.78, 5) is 4.03. The Kier molecular flexibility index (Phi) is 2.82. The van der Waals surface area contributed by atoms with Gasteiger partial charge in [0.25, 0.3) is 0 Å². The summed E-state index contributed by atoms with van der Waals surface area (Å²) < 4.78 is 0. The molecule has 14 heavy (non-hydrogen) atoms. The molecule has 0 saturated heterocycles. The highest BCUT2D eigenvalue weighted by molar-refractivity contribution is 5.14. The van der Waals surface area contributed by atoms with Gasteiger partial charge in [-0.3, -0.25) is 4.98 Å². The fourth-order valence-corrected chi connectivity index (χ4v) is 1.87. The largest absolute Gasteiger partial charge is 0.307 e. The van der Waals surface area contributed by atoms with Crippen LogP contribution in [0, 0.1) is 5.92 Å². The maximum atomic E-state index is 4.03. The van der Waals surface area contributed by atoms with Crippen molar-refractivity contribution in [3.63, 3.8) is 0 Å². The minimum Gasteiger partial charge on any atom is -0.307 e. The van der Waals surface area contributed by atoms with Gasteiger partial charge in [0, 0.05) is 24.5 Å². The van der Waals surface area contributed by atoms with E-state index >= 15 is 0 Å². The zero-order valence-corrected chi connectivity index (χ0v) is 8.90. The Morgan fingerprint density at radius 2 is 1.93 bits per heavy atom. The Morgan fingerprint density at radius 3 is 2.50 bits per heavy atom. The molecular weight excluding hydrogens is 172 g/mol. The van der Waals surface area contributed by atoms with Crippen LogP contribution in [0.1, 0.15) is 38.3 Å². The summed E-state index contributed by atoms with van der Waals surface area (Å²) in [5.41, 5.74) is 1.33. The molecule has 1 aliphatic rings. The monoisotopic (exact) mass is 190 g/mol. The quantitative estimate of drug-likeness (QED) is 0.789. The van der Waals surface area contributed by atoms with Gasteiger partial charge in [-0.2, -0.15) is 0 Å². The SMILES string of the molecule is C[C@H](N[C@H](C)C1CC1)c1ccncc1. The Hall–Kier alpha value is -0.890. The Bertz CT molecular complexity index is 280. The van der Waals surface area contributed by atoms with Gasteiger partial charge in [-0.25, -0.2) is 0 Å². The number of aromatic nitrogens is 1. The van der Waals surface area contributed by atoms with Gasteiger partial charge < -0.3 is 5.32 Å². The number of rotatable bonds is 4. The van der Waals surface area contributed by atoms with Crippen molar-refractivity contribution in [3.8, 4) is 0 Å². The predicted molar refractivity (Wildman–Crippen MR) is 58.0 cm³/mol. The molecule has 1 aliphatic carbocycles. The molecule has 2 nitrogen and oxygen atoms in total. The van der Waals surface area contributed by atoms with E-state index in [9.17, 15) is 0 Å². The van der Waals surface area contributed by atoms with Crippen LogP contribution in [0.25, 0.3) is 0 Å². The van der Waals surface area contributed by atoms with Gasteiger partial charge in [0.1, 0.15) is 0 Å². The lowest BCUT2D eigenvalue weighted by Crippen LogP contribution is -2.30. The topological polar surface area (TPSA) is 24.9 Å². The molecule has 1 heterocycles. The van der Waals surface area contributed by atoms with E-state index in [1.807, 2.05) is 12.4 Å². The van der Waals surface area contributed by atoms with Crippen molar-refractivity contribution in [1.82, 2.24) is 10.3 Å². The third-order valence-electron chi connectivity index (χ3n) is 3.05. The molecule has 2 atom stereocenters. The standard InChI is InChI=1S/C12H18N2/c1-9(11-3-4-11)14-10(2)12-5-7-13-8-6-12/h5-11,14H,3-4H2,1-2H3/t9-,10+/m1/s1. The van der Waals surface area contributed by atoms with Crippen molar-refractivity contribution in [3.05, 3.63) is 30.1 Å². The Balaban J connectivity index is 1.91. The summed E-state index contributed by atoms with van der Waals surface area (Å²) >= 11 is 0. The van der Waals surface area contributed by atoms with Crippen LogP contribution >= 0.6 is 0 Å². The molecular formula is C12H18N2. The normalized spacial score (nSPS) is 20.4. The molecule has 0 aliphatic heterocycles. The van der Waals surface area contributed by atoms with E-state index in [1.54, 1.807) is 0 Å². The van der Waals surface area contributed by atoms with Gasteiger partial charge in [-0.1, -0.05) is 0 Å². The summed E-state index contributed by atoms with van der Waals surface area (Å²) in [5.74, 6) is 0.916. The lowest BCUT2D eigenvalue weighted by molar-refractivity contribution is 0.441. The maximum Gasteiger partial charge on any atom is 0.0295 e. The van der Waals surface area contributed by atoms with Crippen molar-refractivity contribution in [1.29, 1.82) is 0 Å². The van der Waals surface area contributed by atoms with Gasteiger partial charge in [0.15, 0.2) is 0 Å². The number of hydrogen-bond donors (Lipinski definition) is 1. The fraction of sp³-hybridized carbons (Fsp3) is 0.583. The van der Waals surface area contributed by atoms with Crippen molar-refractivity contribution in [2.24, 2.45) is 5.92 Å². The Morgan fingerprint density at radius 1 is 1.29 bits per heavy atom. The van der Waals surface area contributed by atoms with Crippen LogP contribution in [-0.4, -0.2) is 11.0 Å². The molecule has 1 N–H and O–H groups in total. The lowest BCUT2D eigenvalue weighted by Gasteiger charge is -2.19. The van der Waals surface area contributed by atoms with Crippen molar-refractivity contribution in [2.45, 2.75) is 38.8 Å². The number of nitrogens with one attached hydrogen (secondary N) is 1. The summed E-state index contributed by atoms with van der Waals surface area (Å²) in [7, 11) is 0. The van der Waals surface area contributed by atoms with E-state index in [2.05, 4.69) is 36.3 Å². The van der Waals surface area contributed by atoms with Gasteiger partial charge in [0.05, 0.1) is 0 Å². The average Bonchev–Trinajstić information content (AvgIpc) is 3.02. The van der Waals surface area contributed by atoms with Gasteiger partial charge >= 0.3 is 0 Å². The molecule has 0 radical (unpaired) electrons. The number of hydrogen-bond acceptors (Lipinski definition) is 2. The van der Waals surface area contributed by atoms with E-state index < -0.39 is 0 Å². The zero-order valence-electron chi connectivity index (χ0n) is 8.90. The highest BCUT2D eigenvalue weighted by Crippen LogP contribution is 2.33. The summed E-state index contributed by atoms with van der Waals surface area (Å²) in [6.45, 7) is 4.50.